The molecule has 0 aromatic rings. The van der Waals surface area contributed by atoms with Crippen molar-refractivity contribution in [2.24, 2.45) is 0 Å². The predicted molar refractivity (Wildman–Crippen MR) is 48.8 cm³/mol. The predicted octanol–water partition coefficient (Wildman–Crippen LogP) is -0.288. The van der Waals surface area contributed by atoms with Crippen molar-refractivity contribution in [1.82, 2.24) is 4.90 Å². The number of rotatable bonds is 3. The second-order valence-electron chi connectivity index (χ2n) is 3.88. The second kappa shape index (κ2) is 6.91. The van der Waals surface area contributed by atoms with Crippen molar-refractivity contribution in [2.75, 3.05) is 13.1 Å². The van der Waals surface area contributed by atoms with Crippen LogP contribution >= 0.6 is 0 Å². The van der Waals surface area contributed by atoms with E-state index in [0.717, 1.165) is 25.8 Å². The molecule has 0 saturated carbocycles. The van der Waals surface area contributed by atoms with E-state index < -0.39 is 13.3 Å². The fourth-order valence-electron chi connectivity index (χ4n) is 1.80. The molecule has 0 aromatic heterocycles. The van der Waals surface area contributed by atoms with Gasteiger partial charge < -0.3 is 17.8 Å². The molecule has 1 nitrogen and oxygen atoms in total. The van der Waals surface area contributed by atoms with Gasteiger partial charge in [0.05, 0.1) is 0 Å². The normalized spacial score (nSPS) is 24.4. The monoisotopic (exact) mass is 233 g/mol. The zero-order chi connectivity index (χ0) is 9.90. The Labute approximate surface area is 126 Å². The van der Waals surface area contributed by atoms with Gasteiger partial charge in [-0.25, -0.2) is 0 Å². The van der Waals surface area contributed by atoms with Gasteiger partial charge in [-0.05, 0) is 32.9 Å². The summed E-state index contributed by atoms with van der Waals surface area (Å²) in [5.41, 5.74) is 0. The Balaban J connectivity index is 0.00000169. The van der Waals surface area contributed by atoms with Crippen molar-refractivity contribution in [3.05, 3.63) is 0 Å². The van der Waals surface area contributed by atoms with Gasteiger partial charge in [-0.1, -0.05) is 12.7 Å². The van der Waals surface area contributed by atoms with Crippen LogP contribution in [0, 0.1) is 0 Å². The third kappa shape index (κ3) is 6.13. The SMILES string of the molecule is CC1CCCCN1CC[B-](F)(F)F.[K+]. The van der Waals surface area contributed by atoms with Gasteiger partial charge in [-0.15, -0.1) is 0 Å². The topological polar surface area (TPSA) is 3.24 Å². The molecule has 78 valence electrons. The maximum atomic E-state index is 12.0. The van der Waals surface area contributed by atoms with Crippen LogP contribution in [0.5, 0.6) is 0 Å². The number of piperidine rings is 1. The molecule has 0 spiro atoms. The van der Waals surface area contributed by atoms with Gasteiger partial charge in [0.25, 0.3) is 0 Å². The van der Waals surface area contributed by atoms with E-state index in [4.69, 9.17) is 0 Å². The summed E-state index contributed by atoms with van der Waals surface area (Å²) in [6, 6.07) is 0.340. The van der Waals surface area contributed by atoms with Gasteiger partial charge in [0, 0.05) is 6.04 Å². The molecule has 1 rings (SSSR count). The molecule has 1 heterocycles. The molecule has 0 amide bonds. The van der Waals surface area contributed by atoms with Crippen LogP contribution in [0.25, 0.3) is 0 Å². The Bertz CT molecular complexity index is 165. The molecule has 0 N–H and O–H groups in total. The summed E-state index contributed by atoms with van der Waals surface area (Å²) in [6.45, 7) is -1.54. The van der Waals surface area contributed by atoms with E-state index in [0.29, 0.717) is 6.04 Å². The molecule has 0 aromatic carbocycles. The molecule has 1 atom stereocenters. The standard InChI is InChI=1S/C8H16BF3N.K/c1-8-4-2-3-6-13(8)7-5-9(10,11)12;/h8H,2-7H2,1H3;/q-1;+1. The third-order valence-corrected chi connectivity index (χ3v) is 2.68. The summed E-state index contributed by atoms with van der Waals surface area (Å²) >= 11 is 0. The molecule has 0 bridgehead atoms. The first-order valence-corrected chi connectivity index (χ1v) is 4.94. The summed E-state index contributed by atoms with van der Waals surface area (Å²) in [7, 11) is 0. The first kappa shape index (κ1) is 15.5. The fraction of sp³-hybridized carbons (Fsp3) is 1.00. The number of nitrogens with zero attached hydrogens (tertiary/aromatic N) is 1. The van der Waals surface area contributed by atoms with Crippen molar-refractivity contribution < 1.29 is 64.3 Å². The van der Waals surface area contributed by atoms with Crippen molar-refractivity contribution >= 4 is 6.98 Å². The van der Waals surface area contributed by atoms with E-state index in [1.165, 1.54) is 0 Å². The Morgan fingerprint density at radius 2 is 1.93 bits per heavy atom. The molecule has 14 heavy (non-hydrogen) atoms. The van der Waals surface area contributed by atoms with Gasteiger partial charge in [-0.3, -0.25) is 0 Å². The van der Waals surface area contributed by atoms with Gasteiger partial charge >= 0.3 is 58.4 Å². The van der Waals surface area contributed by atoms with E-state index in [-0.39, 0.29) is 57.9 Å². The smallest absolute Gasteiger partial charge is 0.449 e. The van der Waals surface area contributed by atoms with Crippen LogP contribution in [0.4, 0.5) is 12.9 Å². The zero-order valence-electron chi connectivity index (χ0n) is 8.98. The van der Waals surface area contributed by atoms with Gasteiger partial charge in [0.15, 0.2) is 0 Å². The van der Waals surface area contributed by atoms with Crippen molar-refractivity contribution in [3.63, 3.8) is 0 Å². The van der Waals surface area contributed by atoms with Gasteiger partial charge in [0.1, 0.15) is 0 Å². The van der Waals surface area contributed by atoms with Crippen LogP contribution in [-0.2, 0) is 0 Å². The van der Waals surface area contributed by atoms with E-state index >= 15 is 0 Å². The Kier molecular flexibility index (Phi) is 7.63. The molecule has 1 saturated heterocycles. The van der Waals surface area contributed by atoms with Gasteiger partial charge in [-0.2, -0.15) is 0 Å². The maximum absolute atomic E-state index is 12.0. The first-order chi connectivity index (χ1) is 5.99. The summed E-state index contributed by atoms with van der Waals surface area (Å²) < 4.78 is 35.9. The summed E-state index contributed by atoms with van der Waals surface area (Å²) in [6.07, 6.45) is 2.65. The number of hydrogen-bond donors (Lipinski definition) is 0. The summed E-state index contributed by atoms with van der Waals surface area (Å²) in [5, 5.41) is 0. The number of likely N-dealkylation sites (tertiary alicyclic amines) is 1. The molecule has 1 aliphatic rings. The van der Waals surface area contributed by atoms with E-state index in [1.807, 2.05) is 11.8 Å². The molecule has 0 radical (unpaired) electrons. The van der Waals surface area contributed by atoms with Crippen molar-refractivity contribution in [2.45, 2.75) is 38.5 Å². The molecule has 0 aliphatic carbocycles. The third-order valence-electron chi connectivity index (χ3n) is 2.68. The number of halogens is 3. The minimum Gasteiger partial charge on any atom is -0.449 e. The average molecular weight is 233 g/mol. The van der Waals surface area contributed by atoms with Crippen molar-refractivity contribution in [1.29, 1.82) is 0 Å². The minimum absolute atomic E-state index is 0. The molecular formula is C8H16BF3KN. The van der Waals surface area contributed by atoms with Crippen LogP contribution in [0.3, 0.4) is 0 Å². The second-order valence-corrected chi connectivity index (χ2v) is 3.88. The van der Waals surface area contributed by atoms with Crippen LogP contribution in [0.15, 0.2) is 0 Å². The summed E-state index contributed by atoms with van der Waals surface area (Å²) in [5.74, 6) is 0. The number of hydrogen-bond acceptors (Lipinski definition) is 1. The molecule has 6 heteroatoms. The van der Waals surface area contributed by atoms with E-state index in [2.05, 4.69) is 0 Å². The van der Waals surface area contributed by atoms with Crippen LogP contribution in [0.2, 0.25) is 6.32 Å². The Hall–Kier alpha value is 1.45. The van der Waals surface area contributed by atoms with E-state index in [9.17, 15) is 12.9 Å². The molecular weight excluding hydrogens is 217 g/mol. The molecule has 1 fully saturated rings. The molecule has 1 unspecified atom stereocenters. The largest absolute Gasteiger partial charge is 1.00 e. The minimum atomic E-state index is -4.59. The van der Waals surface area contributed by atoms with Crippen LogP contribution in [0.1, 0.15) is 26.2 Å². The first-order valence-electron chi connectivity index (χ1n) is 4.94. The maximum Gasteiger partial charge on any atom is 1.00 e. The quantitative estimate of drug-likeness (QED) is 0.606. The average Bonchev–Trinajstić information content (AvgIpc) is 2.01. The summed E-state index contributed by atoms with van der Waals surface area (Å²) in [4.78, 5) is 1.96. The van der Waals surface area contributed by atoms with Crippen LogP contribution in [-0.4, -0.2) is 31.0 Å². The van der Waals surface area contributed by atoms with Crippen molar-refractivity contribution in [3.8, 4) is 0 Å². The van der Waals surface area contributed by atoms with E-state index in [1.54, 1.807) is 0 Å². The Morgan fingerprint density at radius 3 is 2.43 bits per heavy atom. The zero-order valence-corrected chi connectivity index (χ0v) is 12.1. The fourth-order valence-corrected chi connectivity index (χ4v) is 1.80. The van der Waals surface area contributed by atoms with Crippen LogP contribution < -0.4 is 51.4 Å². The Morgan fingerprint density at radius 1 is 1.29 bits per heavy atom. The van der Waals surface area contributed by atoms with Gasteiger partial charge in [0.2, 0.25) is 0 Å². The molecule has 1 aliphatic heterocycles.